The molecule has 1 aromatic heterocycles. The first-order chi connectivity index (χ1) is 15.0. The van der Waals surface area contributed by atoms with Crippen molar-refractivity contribution in [2.75, 3.05) is 10.6 Å². The number of pyridine rings is 1. The zero-order valence-electron chi connectivity index (χ0n) is 17.5. The summed E-state index contributed by atoms with van der Waals surface area (Å²) in [5.41, 5.74) is 5.90. The molecule has 0 saturated heterocycles. The molecule has 1 heterocycles. The Morgan fingerprint density at radius 1 is 0.903 bits per heavy atom. The zero-order chi connectivity index (χ0) is 21.8. The van der Waals surface area contributed by atoms with Crippen LogP contribution in [0.15, 0.2) is 79.0 Å². The van der Waals surface area contributed by atoms with Gasteiger partial charge in [-0.3, -0.25) is 14.6 Å². The van der Waals surface area contributed by atoms with E-state index in [2.05, 4.69) is 21.7 Å². The van der Waals surface area contributed by atoms with Gasteiger partial charge in [0.2, 0.25) is 5.91 Å². The summed E-state index contributed by atoms with van der Waals surface area (Å²) in [6, 6.07) is 22.8. The van der Waals surface area contributed by atoms with Crippen LogP contribution in [0.1, 0.15) is 28.4 Å². The molecule has 0 aliphatic heterocycles. The molecule has 4 aromatic rings. The summed E-state index contributed by atoms with van der Waals surface area (Å²) in [5.74, 6) is -0.240. The van der Waals surface area contributed by atoms with Crippen molar-refractivity contribution in [2.24, 2.45) is 0 Å². The van der Waals surface area contributed by atoms with Crippen LogP contribution in [0.25, 0.3) is 10.9 Å². The highest BCUT2D eigenvalue weighted by Crippen LogP contribution is 2.28. The first-order valence-electron chi connectivity index (χ1n) is 10.1. The van der Waals surface area contributed by atoms with Crippen LogP contribution in [0.2, 0.25) is 0 Å². The lowest BCUT2D eigenvalue weighted by Gasteiger charge is -2.13. The molecule has 0 radical (unpaired) electrons. The van der Waals surface area contributed by atoms with Crippen LogP contribution in [-0.4, -0.2) is 16.7 Å². The van der Waals surface area contributed by atoms with Crippen molar-refractivity contribution in [3.05, 3.63) is 95.7 Å². The summed E-state index contributed by atoms with van der Waals surface area (Å²) in [4.78, 5) is 28.7. The summed E-state index contributed by atoms with van der Waals surface area (Å²) in [6.45, 7) is 3.52. The van der Waals surface area contributed by atoms with E-state index < -0.39 is 0 Å². The van der Waals surface area contributed by atoms with E-state index in [0.717, 1.165) is 33.4 Å². The third-order valence-corrected chi connectivity index (χ3v) is 5.13. The Bertz CT molecular complexity index is 1260. The molecule has 31 heavy (non-hydrogen) atoms. The maximum Gasteiger partial charge on any atom is 0.228 e. The lowest BCUT2D eigenvalue weighted by molar-refractivity contribution is -0.115. The molecule has 0 aliphatic rings. The van der Waals surface area contributed by atoms with Crippen molar-refractivity contribution in [3.63, 3.8) is 0 Å². The standard InChI is InChI=1S/C26H23N3O2/c1-17-16-27-23-9-5-4-8-22(23)26(17)28-20-13-11-19(12-14-20)15-25(31)29-24-10-6-3-7-21(24)18(2)30/h3-14,16H,15H2,1-2H3,(H,27,28)(H,29,31). The summed E-state index contributed by atoms with van der Waals surface area (Å²) < 4.78 is 0. The van der Waals surface area contributed by atoms with Gasteiger partial charge in [0.25, 0.3) is 0 Å². The van der Waals surface area contributed by atoms with Crippen LogP contribution in [0.4, 0.5) is 17.1 Å². The molecular weight excluding hydrogens is 386 g/mol. The molecule has 4 rings (SSSR count). The van der Waals surface area contributed by atoms with Gasteiger partial charge in [0.05, 0.1) is 23.3 Å². The Kier molecular flexibility index (Phi) is 5.76. The van der Waals surface area contributed by atoms with Crippen molar-refractivity contribution in [3.8, 4) is 0 Å². The fraction of sp³-hybridized carbons (Fsp3) is 0.115. The number of amides is 1. The number of para-hydroxylation sites is 2. The number of rotatable bonds is 6. The number of carbonyl (C=O) groups is 2. The van der Waals surface area contributed by atoms with Gasteiger partial charge in [0.15, 0.2) is 5.78 Å². The minimum atomic E-state index is -0.162. The second-order valence-electron chi connectivity index (χ2n) is 7.48. The summed E-state index contributed by atoms with van der Waals surface area (Å²) in [5, 5.41) is 7.38. The summed E-state index contributed by atoms with van der Waals surface area (Å²) in [6.07, 6.45) is 2.09. The van der Waals surface area contributed by atoms with Crippen LogP contribution in [0.5, 0.6) is 0 Å². The Hall–Kier alpha value is -3.99. The topological polar surface area (TPSA) is 71.1 Å². The molecule has 5 heteroatoms. The number of fused-ring (bicyclic) bond motifs is 1. The number of anilines is 3. The third-order valence-electron chi connectivity index (χ3n) is 5.13. The molecule has 3 aromatic carbocycles. The molecule has 0 unspecified atom stereocenters. The van der Waals surface area contributed by atoms with Crippen molar-refractivity contribution < 1.29 is 9.59 Å². The Balaban J connectivity index is 1.47. The highest BCUT2D eigenvalue weighted by atomic mass is 16.1. The summed E-state index contributed by atoms with van der Waals surface area (Å²) >= 11 is 0. The van der Waals surface area contributed by atoms with Crippen molar-refractivity contribution in [1.29, 1.82) is 0 Å². The molecule has 154 valence electrons. The molecule has 0 spiro atoms. The number of hydrogen-bond acceptors (Lipinski definition) is 4. The van der Waals surface area contributed by atoms with Crippen LogP contribution >= 0.6 is 0 Å². The van der Waals surface area contributed by atoms with Crippen LogP contribution < -0.4 is 10.6 Å². The van der Waals surface area contributed by atoms with Gasteiger partial charge in [0.1, 0.15) is 0 Å². The van der Waals surface area contributed by atoms with E-state index >= 15 is 0 Å². The molecular formula is C26H23N3O2. The van der Waals surface area contributed by atoms with Gasteiger partial charge < -0.3 is 10.6 Å². The van der Waals surface area contributed by atoms with Crippen LogP contribution in [-0.2, 0) is 11.2 Å². The lowest BCUT2D eigenvalue weighted by Crippen LogP contribution is -2.16. The van der Waals surface area contributed by atoms with Crippen molar-refractivity contribution in [1.82, 2.24) is 4.98 Å². The van der Waals surface area contributed by atoms with E-state index in [1.165, 1.54) is 6.92 Å². The van der Waals surface area contributed by atoms with Gasteiger partial charge in [-0.2, -0.15) is 0 Å². The Morgan fingerprint density at radius 2 is 1.61 bits per heavy atom. The van der Waals surface area contributed by atoms with E-state index in [1.54, 1.807) is 24.3 Å². The highest BCUT2D eigenvalue weighted by Gasteiger charge is 2.11. The second kappa shape index (κ2) is 8.79. The zero-order valence-corrected chi connectivity index (χ0v) is 17.5. The highest BCUT2D eigenvalue weighted by molar-refractivity contribution is 6.04. The van der Waals surface area contributed by atoms with Gasteiger partial charge in [-0.05, 0) is 55.3 Å². The third kappa shape index (κ3) is 4.61. The molecule has 0 saturated carbocycles. The minimum Gasteiger partial charge on any atom is -0.355 e. The summed E-state index contributed by atoms with van der Waals surface area (Å²) in [7, 11) is 0. The normalized spacial score (nSPS) is 10.6. The van der Waals surface area contributed by atoms with Crippen LogP contribution in [0, 0.1) is 6.92 Å². The second-order valence-corrected chi connectivity index (χ2v) is 7.48. The van der Waals surface area contributed by atoms with E-state index in [-0.39, 0.29) is 18.1 Å². The van der Waals surface area contributed by atoms with E-state index in [4.69, 9.17) is 0 Å². The molecule has 2 N–H and O–H groups in total. The predicted molar refractivity (Wildman–Crippen MR) is 125 cm³/mol. The average molecular weight is 409 g/mol. The molecule has 0 bridgehead atoms. The predicted octanol–water partition coefficient (Wildman–Crippen LogP) is 5.67. The maximum atomic E-state index is 12.5. The number of Topliss-reactive ketones (excluding diaryl/α,β-unsaturated/α-hetero) is 1. The first-order valence-corrected chi connectivity index (χ1v) is 10.1. The first kappa shape index (κ1) is 20.3. The van der Waals surface area contributed by atoms with E-state index in [0.29, 0.717) is 11.3 Å². The van der Waals surface area contributed by atoms with E-state index in [9.17, 15) is 9.59 Å². The van der Waals surface area contributed by atoms with Crippen LogP contribution in [0.3, 0.4) is 0 Å². The smallest absolute Gasteiger partial charge is 0.228 e. The number of hydrogen-bond donors (Lipinski definition) is 2. The SMILES string of the molecule is CC(=O)c1ccccc1NC(=O)Cc1ccc(Nc2c(C)cnc3ccccc23)cc1. The molecule has 1 amide bonds. The molecule has 5 nitrogen and oxygen atoms in total. The Labute approximate surface area is 181 Å². The number of aromatic nitrogens is 1. The number of aryl methyl sites for hydroxylation is 1. The number of benzene rings is 3. The van der Waals surface area contributed by atoms with E-state index in [1.807, 2.05) is 55.6 Å². The largest absolute Gasteiger partial charge is 0.355 e. The molecule has 0 aliphatic carbocycles. The van der Waals surface area contributed by atoms with Gasteiger partial charge in [-0.25, -0.2) is 0 Å². The van der Waals surface area contributed by atoms with Gasteiger partial charge in [-0.1, -0.05) is 42.5 Å². The molecule has 0 fully saturated rings. The number of nitrogens with zero attached hydrogens (tertiary/aromatic N) is 1. The van der Waals surface area contributed by atoms with Crippen molar-refractivity contribution in [2.45, 2.75) is 20.3 Å². The average Bonchev–Trinajstić information content (AvgIpc) is 2.77. The quantitative estimate of drug-likeness (QED) is 0.403. The fourth-order valence-corrected chi connectivity index (χ4v) is 3.54. The minimum absolute atomic E-state index is 0.0785. The van der Waals surface area contributed by atoms with Gasteiger partial charge in [0, 0.05) is 22.8 Å². The monoisotopic (exact) mass is 409 g/mol. The molecule has 0 atom stereocenters. The van der Waals surface area contributed by atoms with Gasteiger partial charge in [-0.15, -0.1) is 0 Å². The Morgan fingerprint density at radius 3 is 2.39 bits per heavy atom. The number of nitrogens with one attached hydrogen (secondary N) is 2. The number of ketones is 1. The number of carbonyl (C=O) groups excluding carboxylic acids is 2. The fourth-order valence-electron chi connectivity index (χ4n) is 3.54. The lowest BCUT2D eigenvalue weighted by atomic mass is 10.1. The van der Waals surface area contributed by atoms with Gasteiger partial charge >= 0.3 is 0 Å². The van der Waals surface area contributed by atoms with Crippen molar-refractivity contribution >= 4 is 39.7 Å². The maximum absolute atomic E-state index is 12.5.